The number of nitrogens with zero attached hydrogens (tertiary/aromatic N) is 2. The van der Waals surface area contributed by atoms with Crippen molar-refractivity contribution in [1.82, 2.24) is 15.3 Å². The van der Waals surface area contributed by atoms with Crippen molar-refractivity contribution in [3.8, 4) is 0 Å². The van der Waals surface area contributed by atoms with Crippen LogP contribution < -0.4 is 5.32 Å². The Kier molecular flexibility index (Phi) is 3.64. The van der Waals surface area contributed by atoms with Crippen molar-refractivity contribution in [2.24, 2.45) is 5.92 Å². The number of hydrogen-bond donors (Lipinski definition) is 1. The molecule has 82 valence electrons. The average Bonchev–Trinajstić information content (AvgIpc) is 2.71. The maximum atomic E-state index is 5.34. The molecule has 1 N–H and O–H groups in total. The van der Waals surface area contributed by atoms with Gasteiger partial charge in [-0.1, -0.05) is 0 Å². The first-order valence-electron chi connectivity index (χ1n) is 5.41. The van der Waals surface area contributed by atoms with Crippen LogP contribution in [0.5, 0.6) is 0 Å². The lowest BCUT2D eigenvalue weighted by Crippen LogP contribution is -2.11. The first-order valence-corrected chi connectivity index (χ1v) is 5.41. The van der Waals surface area contributed by atoms with E-state index in [4.69, 9.17) is 4.74 Å². The number of rotatable bonds is 4. The summed E-state index contributed by atoms with van der Waals surface area (Å²) in [7, 11) is 1.92. The van der Waals surface area contributed by atoms with Gasteiger partial charge < -0.3 is 10.1 Å². The van der Waals surface area contributed by atoms with Crippen LogP contribution in [0.1, 0.15) is 17.9 Å². The van der Waals surface area contributed by atoms with Gasteiger partial charge in [-0.25, -0.2) is 9.97 Å². The van der Waals surface area contributed by atoms with Crippen LogP contribution in [-0.4, -0.2) is 30.2 Å². The molecule has 2 heterocycles. The van der Waals surface area contributed by atoms with Crippen molar-refractivity contribution in [3.63, 3.8) is 0 Å². The van der Waals surface area contributed by atoms with Gasteiger partial charge in [0.25, 0.3) is 0 Å². The van der Waals surface area contributed by atoms with E-state index >= 15 is 0 Å². The second-order valence-electron chi connectivity index (χ2n) is 3.93. The van der Waals surface area contributed by atoms with Gasteiger partial charge in [0.15, 0.2) is 0 Å². The Morgan fingerprint density at radius 1 is 1.60 bits per heavy atom. The summed E-state index contributed by atoms with van der Waals surface area (Å²) >= 11 is 0. The Morgan fingerprint density at radius 2 is 2.53 bits per heavy atom. The van der Waals surface area contributed by atoms with Gasteiger partial charge in [-0.2, -0.15) is 0 Å². The number of aromatic nitrogens is 2. The maximum Gasteiger partial charge on any atom is 0.128 e. The van der Waals surface area contributed by atoms with Gasteiger partial charge >= 0.3 is 0 Å². The van der Waals surface area contributed by atoms with Crippen LogP contribution in [0.2, 0.25) is 0 Å². The second kappa shape index (κ2) is 5.19. The van der Waals surface area contributed by atoms with E-state index in [1.165, 1.54) is 0 Å². The highest BCUT2D eigenvalue weighted by atomic mass is 16.5. The molecule has 1 fully saturated rings. The molecular formula is C11H17N3O. The molecule has 15 heavy (non-hydrogen) atoms. The van der Waals surface area contributed by atoms with Crippen molar-refractivity contribution >= 4 is 0 Å². The highest BCUT2D eigenvalue weighted by molar-refractivity contribution is 5.02. The zero-order chi connectivity index (χ0) is 10.5. The minimum Gasteiger partial charge on any atom is -0.381 e. The number of nitrogens with one attached hydrogen (secondary N) is 1. The van der Waals surface area contributed by atoms with E-state index in [9.17, 15) is 0 Å². The minimum atomic E-state index is 0.606. The van der Waals surface area contributed by atoms with Gasteiger partial charge in [-0.15, -0.1) is 0 Å². The van der Waals surface area contributed by atoms with Crippen LogP contribution >= 0.6 is 0 Å². The molecule has 0 spiro atoms. The molecule has 1 aromatic rings. The summed E-state index contributed by atoms with van der Waals surface area (Å²) in [5, 5.41) is 3.09. The normalized spacial score (nSPS) is 20.7. The lowest BCUT2D eigenvalue weighted by molar-refractivity contribution is 0.185. The minimum absolute atomic E-state index is 0.606. The molecule has 0 amide bonds. The summed E-state index contributed by atoms with van der Waals surface area (Å²) in [6.45, 7) is 2.55. The van der Waals surface area contributed by atoms with Crippen molar-refractivity contribution < 1.29 is 4.74 Å². The standard InChI is InChI=1S/C11H17N3O/c1-12-7-10-2-4-13-11(14-10)6-9-3-5-15-8-9/h2,4,9,12H,3,5-8H2,1H3. The summed E-state index contributed by atoms with van der Waals surface area (Å²) < 4.78 is 5.34. The number of ether oxygens (including phenoxy) is 1. The monoisotopic (exact) mass is 207 g/mol. The average molecular weight is 207 g/mol. The van der Waals surface area contributed by atoms with E-state index in [1.54, 1.807) is 0 Å². The van der Waals surface area contributed by atoms with Crippen LogP contribution in [0.4, 0.5) is 0 Å². The molecule has 4 nitrogen and oxygen atoms in total. The molecule has 0 radical (unpaired) electrons. The Hall–Kier alpha value is -1.00. The lowest BCUT2D eigenvalue weighted by Gasteiger charge is -2.07. The van der Waals surface area contributed by atoms with Crippen molar-refractivity contribution in [3.05, 3.63) is 23.8 Å². The Labute approximate surface area is 90.1 Å². The molecule has 1 aliphatic heterocycles. The van der Waals surface area contributed by atoms with Crippen molar-refractivity contribution in [1.29, 1.82) is 0 Å². The summed E-state index contributed by atoms with van der Waals surface area (Å²) in [6, 6.07) is 1.95. The molecule has 1 atom stereocenters. The third-order valence-corrected chi connectivity index (χ3v) is 2.62. The molecule has 0 aliphatic carbocycles. The molecule has 1 unspecified atom stereocenters. The van der Waals surface area contributed by atoms with E-state index < -0.39 is 0 Å². The van der Waals surface area contributed by atoms with Gasteiger partial charge in [0.2, 0.25) is 0 Å². The highest BCUT2D eigenvalue weighted by Crippen LogP contribution is 2.16. The molecule has 4 heteroatoms. The van der Waals surface area contributed by atoms with Gasteiger partial charge in [0.1, 0.15) is 5.82 Å². The SMILES string of the molecule is CNCc1ccnc(CC2CCOC2)n1. The quantitative estimate of drug-likeness (QED) is 0.792. The van der Waals surface area contributed by atoms with Crippen molar-refractivity contribution in [2.45, 2.75) is 19.4 Å². The zero-order valence-corrected chi connectivity index (χ0v) is 9.07. The first kappa shape index (κ1) is 10.5. The van der Waals surface area contributed by atoms with E-state index in [-0.39, 0.29) is 0 Å². The smallest absolute Gasteiger partial charge is 0.128 e. The van der Waals surface area contributed by atoms with E-state index in [2.05, 4.69) is 15.3 Å². The summed E-state index contributed by atoms with van der Waals surface area (Å²) in [6.07, 6.45) is 3.92. The molecule has 0 aromatic carbocycles. The van der Waals surface area contributed by atoms with Crippen LogP contribution in [0.3, 0.4) is 0 Å². The largest absolute Gasteiger partial charge is 0.381 e. The van der Waals surface area contributed by atoms with Crippen LogP contribution in [0.25, 0.3) is 0 Å². The first-order chi connectivity index (χ1) is 7.38. The summed E-state index contributed by atoms with van der Waals surface area (Å²) in [5.41, 5.74) is 1.06. The molecule has 0 saturated carbocycles. The molecule has 0 bridgehead atoms. The fraction of sp³-hybridized carbons (Fsp3) is 0.636. The maximum absolute atomic E-state index is 5.34. The van der Waals surface area contributed by atoms with Crippen molar-refractivity contribution in [2.75, 3.05) is 20.3 Å². The Balaban J connectivity index is 1.97. The molecule has 2 rings (SSSR count). The highest BCUT2D eigenvalue weighted by Gasteiger charge is 2.17. The van der Waals surface area contributed by atoms with Crippen LogP contribution in [0, 0.1) is 5.92 Å². The third kappa shape index (κ3) is 2.97. The lowest BCUT2D eigenvalue weighted by atomic mass is 10.0. The Morgan fingerprint density at radius 3 is 3.27 bits per heavy atom. The predicted octanol–water partition coefficient (Wildman–Crippen LogP) is 0.775. The van der Waals surface area contributed by atoms with Gasteiger partial charge in [-0.05, 0) is 25.5 Å². The van der Waals surface area contributed by atoms with E-state index in [0.29, 0.717) is 5.92 Å². The summed E-state index contributed by atoms with van der Waals surface area (Å²) in [5.74, 6) is 1.55. The predicted molar refractivity (Wildman–Crippen MR) is 57.4 cm³/mol. The van der Waals surface area contributed by atoms with Gasteiger partial charge in [-0.3, -0.25) is 0 Å². The third-order valence-electron chi connectivity index (χ3n) is 2.62. The number of hydrogen-bond acceptors (Lipinski definition) is 4. The molecular weight excluding hydrogens is 190 g/mol. The fourth-order valence-electron chi connectivity index (χ4n) is 1.82. The van der Waals surface area contributed by atoms with Crippen LogP contribution in [0.15, 0.2) is 12.3 Å². The zero-order valence-electron chi connectivity index (χ0n) is 9.07. The Bertz CT molecular complexity index is 310. The fourth-order valence-corrected chi connectivity index (χ4v) is 1.82. The van der Waals surface area contributed by atoms with Gasteiger partial charge in [0, 0.05) is 32.4 Å². The van der Waals surface area contributed by atoms with E-state index in [0.717, 1.165) is 44.1 Å². The second-order valence-corrected chi connectivity index (χ2v) is 3.93. The summed E-state index contributed by atoms with van der Waals surface area (Å²) in [4.78, 5) is 8.79. The molecule has 1 aliphatic rings. The molecule has 1 aromatic heterocycles. The molecule has 1 saturated heterocycles. The van der Waals surface area contributed by atoms with E-state index in [1.807, 2.05) is 19.3 Å². The van der Waals surface area contributed by atoms with Crippen LogP contribution in [-0.2, 0) is 17.7 Å². The van der Waals surface area contributed by atoms with Gasteiger partial charge in [0.05, 0.1) is 5.69 Å². The topological polar surface area (TPSA) is 47.0 Å².